The average Bonchev–Trinajstić information content (AvgIpc) is 1.86. The Morgan fingerprint density at radius 3 is 1.91 bits per heavy atom. The zero-order valence-electron chi connectivity index (χ0n) is 5.94. The van der Waals surface area contributed by atoms with Crippen LogP contribution < -0.4 is 0 Å². The first-order valence-corrected chi connectivity index (χ1v) is 2.60. The van der Waals surface area contributed by atoms with E-state index in [2.05, 4.69) is 9.47 Å². The van der Waals surface area contributed by atoms with E-state index in [0.717, 1.165) is 14.2 Å². The summed E-state index contributed by atoms with van der Waals surface area (Å²) in [5.74, 6) is -1.44. The van der Waals surface area contributed by atoms with Gasteiger partial charge in [-0.25, -0.2) is 4.79 Å². The first kappa shape index (κ1) is 10.2. The molecular formula is C5H7F3O3. The van der Waals surface area contributed by atoms with Gasteiger partial charge in [-0.2, -0.15) is 13.2 Å². The molecule has 0 aromatic heterocycles. The molecule has 3 nitrogen and oxygen atoms in total. The predicted molar refractivity (Wildman–Crippen MR) is 28.9 cm³/mol. The van der Waals surface area contributed by atoms with Crippen LogP contribution in [0.4, 0.5) is 13.2 Å². The van der Waals surface area contributed by atoms with E-state index in [0.29, 0.717) is 0 Å². The number of hydrogen-bond acceptors (Lipinski definition) is 3. The molecule has 0 radical (unpaired) electrons. The highest BCUT2D eigenvalue weighted by molar-refractivity contribution is 5.75. The van der Waals surface area contributed by atoms with Crippen LogP contribution in [0, 0.1) is 0 Å². The zero-order valence-corrected chi connectivity index (χ0v) is 5.94. The lowest BCUT2D eigenvalue weighted by Gasteiger charge is -2.15. The van der Waals surface area contributed by atoms with Gasteiger partial charge in [-0.05, 0) is 0 Å². The molecule has 0 amide bonds. The highest BCUT2D eigenvalue weighted by Gasteiger charge is 2.46. The van der Waals surface area contributed by atoms with Gasteiger partial charge in [0.25, 0.3) is 6.10 Å². The second kappa shape index (κ2) is 3.56. The molecule has 0 aliphatic carbocycles. The minimum Gasteiger partial charge on any atom is -0.467 e. The van der Waals surface area contributed by atoms with Gasteiger partial charge in [0.1, 0.15) is 0 Å². The Hall–Kier alpha value is -0.780. The lowest BCUT2D eigenvalue weighted by molar-refractivity contribution is -0.222. The Morgan fingerprint density at radius 1 is 1.36 bits per heavy atom. The number of ether oxygens (including phenoxy) is 2. The first-order valence-electron chi connectivity index (χ1n) is 2.60. The number of halogens is 3. The highest BCUT2D eigenvalue weighted by atomic mass is 19.4. The van der Waals surface area contributed by atoms with Crippen molar-refractivity contribution in [2.24, 2.45) is 0 Å². The smallest absolute Gasteiger partial charge is 0.425 e. The molecule has 66 valence electrons. The number of carbonyl (C=O) groups is 1. The molecule has 0 N–H and O–H groups in total. The Kier molecular flexibility index (Phi) is 3.31. The summed E-state index contributed by atoms with van der Waals surface area (Å²) in [6.45, 7) is 0. The normalized spacial score (nSPS) is 14.3. The van der Waals surface area contributed by atoms with Gasteiger partial charge in [-0.3, -0.25) is 0 Å². The standard InChI is InChI=1S/C5H7F3O3/c1-10-3(4(9)11-2)5(6,7)8/h3H,1-2H3. The number of methoxy groups -OCH3 is 2. The van der Waals surface area contributed by atoms with E-state index in [1.54, 1.807) is 0 Å². The van der Waals surface area contributed by atoms with Crippen molar-refractivity contribution >= 4 is 5.97 Å². The third kappa shape index (κ3) is 2.75. The Labute approximate surface area is 61.1 Å². The topological polar surface area (TPSA) is 35.5 Å². The lowest BCUT2D eigenvalue weighted by atomic mass is 10.3. The maximum Gasteiger partial charge on any atom is 0.425 e. The highest BCUT2D eigenvalue weighted by Crippen LogP contribution is 2.22. The summed E-state index contributed by atoms with van der Waals surface area (Å²) in [6, 6.07) is 0. The fourth-order valence-corrected chi connectivity index (χ4v) is 0.471. The van der Waals surface area contributed by atoms with Crippen molar-refractivity contribution in [3.63, 3.8) is 0 Å². The van der Waals surface area contributed by atoms with Crippen molar-refractivity contribution in [3.05, 3.63) is 0 Å². The second-order valence-electron chi connectivity index (χ2n) is 1.68. The van der Waals surface area contributed by atoms with Gasteiger partial charge in [0.15, 0.2) is 0 Å². The summed E-state index contributed by atoms with van der Waals surface area (Å²) in [5, 5.41) is 0. The van der Waals surface area contributed by atoms with Crippen LogP contribution in [-0.2, 0) is 14.3 Å². The van der Waals surface area contributed by atoms with Crippen LogP contribution >= 0.6 is 0 Å². The van der Waals surface area contributed by atoms with Crippen LogP contribution in [0.3, 0.4) is 0 Å². The van der Waals surface area contributed by atoms with E-state index < -0.39 is 18.2 Å². The summed E-state index contributed by atoms with van der Waals surface area (Å²) < 4.78 is 42.9. The SMILES string of the molecule is COC(=O)C(OC)C(F)(F)F. The minimum atomic E-state index is -4.71. The van der Waals surface area contributed by atoms with Crippen molar-refractivity contribution < 1.29 is 27.4 Å². The molecule has 0 bridgehead atoms. The fourth-order valence-electron chi connectivity index (χ4n) is 0.471. The van der Waals surface area contributed by atoms with Gasteiger partial charge in [0.2, 0.25) is 0 Å². The lowest BCUT2D eigenvalue weighted by Crippen LogP contribution is -2.38. The molecule has 6 heteroatoms. The van der Waals surface area contributed by atoms with E-state index in [9.17, 15) is 18.0 Å². The first-order chi connectivity index (χ1) is 4.93. The van der Waals surface area contributed by atoms with E-state index in [4.69, 9.17) is 0 Å². The molecule has 0 aromatic rings. The largest absolute Gasteiger partial charge is 0.467 e. The molecule has 0 spiro atoms. The number of alkyl halides is 3. The second-order valence-corrected chi connectivity index (χ2v) is 1.68. The third-order valence-corrected chi connectivity index (χ3v) is 0.948. The molecular weight excluding hydrogens is 165 g/mol. The molecule has 0 fully saturated rings. The van der Waals surface area contributed by atoms with Gasteiger partial charge < -0.3 is 9.47 Å². The van der Waals surface area contributed by atoms with E-state index in [-0.39, 0.29) is 0 Å². The van der Waals surface area contributed by atoms with Crippen LogP contribution in [0.2, 0.25) is 0 Å². The van der Waals surface area contributed by atoms with Crippen LogP contribution in [0.5, 0.6) is 0 Å². The monoisotopic (exact) mass is 172 g/mol. The summed E-state index contributed by atoms with van der Waals surface area (Å²) in [6.07, 6.45) is -7.19. The number of hydrogen-bond donors (Lipinski definition) is 0. The molecule has 0 saturated carbocycles. The molecule has 1 atom stereocenters. The Balaban J connectivity index is 4.29. The van der Waals surface area contributed by atoms with Gasteiger partial charge in [0, 0.05) is 7.11 Å². The predicted octanol–water partition coefficient (Wildman–Crippen LogP) is 0.737. The van der Waals surface area contributed by atoms with Crippen LogP contribution in [0.1, 0.15) is 0 Å². The number of rotatable bonds is 2. The molecule has 1 unspecified atom stereocenters. The van der Waals surface area contributed by atoms with Crippen molar-refractivity contribution in [3.8, 4) is 0 Å². The number of carbonyl (C=O) groups excluding carboxylic acids is 1. The van der Waals surface area contributed by atoms with Crippen molar-refractivity contribution in [2.45, 2.75) is 12.3 Å². The molecule has 0 saturated heterocycles. The number of esters is 1. The molecule has 0 aromatic carbocycles. The molecule has 0 aliphatic rings. The molecule has 0 rings (SSSR count). The average molecular weight is 172 g/mol. The zero-order chi connectivity index (χ0) is 9.07. The maximum atomic E-state index is 11.7. The maximum absolute atomic E-state index is 11.7. The van der Waals surface area contributed by atoms with Gasteiger partial charge in [0.05, 0.1) is 7.11 Å². The minimum absolute atomic E-state index is 0.787. The van der Waals surface area contributed by atoms with Crippen LogP contribution in [0.15, 0.2) is 0 Å². The Morgan fingerprint density at radius 2 is 1.82 bits per heavy atom. The van der Waals surface area contributed by atoms with Gasteiger partial charge in [-0.15, -0.1) is 0 Å². The molecule has 11 heavy (non-hydrogen) atoms. The Bertz CT molecular complexity index is 142. The van der Waals surface area contributed by atoms with E-state index >= 15 is 0 Å². The van der Waals surface area contributed by atoms with Crippen molar-refractivity contribution in [1.29, 1.82) is 0 Å². The quantitative estimate of drug-likeness (QED) is 0.576. The van der Waals surface area contributed by atoms with Gasteiger partial charge >= 0.3 is 12.1 Å². The summed E-state index contributed by atoms with van der Waals surface area (Å²) in [4.78, 5) is 10.3. The summed E-state index contributed by atoms with van der Waals surface area (Å²) in [7, 11) is 1.65. The van der Waals surface area contributed by atoms with E-state index in [1.165, 1.54) is 0 Å². The van der Waals surface area contributed by atoms with Crippen molar-refractivity contribution in [2.75, 3.05) is 14.2 Å². The fraction of sp³-hybridized carbons (Fsp3) is 0.800. The van der Waals surface area contributed by atoms with Crippen LogP contribution in [0.25, 0.3) is 0 Å². The summed E-state index contributed by atoms with van der Waals surface area (Å²) >= 11 is 0. The summed E-state index contributed by atoms with van der Waals surface area (Å²) in [5.41, 5.74) is 0. The van der Waals surface area contributed by atoms with Crippen LogP contribution in [-0.4, -0.2) is 32.5 Å². The molecule has 0 heterocycles. The third-order valence-electron chi connectivity index (χ3n) is 0.948. The molecule has 0 aliphatic heterocycles. The van der Waals surface area contributed by atoms with Gasteiger partial charge in [-0.1, -0.05) is 0 Å². The van der Waals surface area contributed by atoms with E-state index in [1.807, 2.05) is 0 Å². The van der Waals surface area contributed by atoms with Crippen molar-refractivity contribution in [1.82, 2.24) is 0 Å².